The molecule has 0 spiro atoms. The van der Waals surface area contributed by atoms with E-state index >= 15 is 0 Å². The van der Waals surface area contributed by atoms with E-state index in [4.69, 9.17) is 11.2 Å². The van der Waals surface area contributed by atoms with Crippen LogP contribution in [0.5, 0.6) is 5.75 Å². The summed E-state index contributed by atoms with van der Waals surface area (Å²) < 4.78 is 5.35. The summed E-state index contributed by atoms with van der Waals surface area (Å²) in [4.78, 5) is 41.1. The number of carbonyl (C=O) groups is 3. The summed E-state index contributed by atoms with van der Waals surface area (Å²) in [5.74, 6) is -1.81. The largest absolute Gasteiger partial charge is 0.508 e. The van der Waals surface area contributed by atoms with E-state index in [0.29, 0.717) is 12.1 Å². The van der Waals surface area contributed by atoms with Crippen molar-refractivity contribution < 1.29 is 24.2 Å². The highest BCUT2D eigenvalue weighted by atomic mass is 16.6. The average Bonchev–Trinajstić information content (AvgIpc) is 2.82. The number of anilines is 1. The van der Waals surface area contributed by atoms with Crippen molar-refractivity contribution in [2.45, 2.75) is 72.6 Å². The Morgan fingerprint density at radius 3 is 2.19 bits per heavy atom. The number of nitrogens with zero attached hydrogens (tertiary/aromatic N) is 1. The molecule has 2 aromatic carbocycles. The minimum Gasteiger partial charge on any atom is -0.508 e. The van der Waals surface area contributed by atoms with Crippen molar-refractivity contribution in [1.82, 2.24) is 10.2 Å². The Bertz CT molecular complexity index is 1160. The Labute approximate surface area is 219 Å². The maximum Gasteiger partial charge on any atom is 0.408 e. The monoisotopic (exact) mass is 507 g/mol. The zero-order valence-corrected chi connectivity index (χ0v) is 22.6. The number of terminal acetylenes is 1. The van der Waals surface area contributed by atoms with Crippen LogP contribution < -0.4 is 10.6 Å². The van der Waals surface area contributed by atoms with Crippen LogP contribution in [0, 0.1) is 32.2 Å². The van der Waals surface area contributed by atoms with Crippen LogP contribution in [-0.2, 0) is 14.3 Å². The first kappa shape index (κ1) is 29.2. The van der Waals surface area contributed by atoms with Crippen LogP contribution in [-0.4, -0.2) is 39.6 Å². The maximum atomic E-state index is 13.8. The number of benzene rings is 2. The van der Waals surface area contributed by atoms with Crippen LogP contribution in [0.15, 0.2) is 42.5 Å². The van der Waals surface area contributed by atoms with Gasteiger partial charge < -0.3 is 20.5 Å². The van der Waals surface area contributed by atoms with Crippen molar-refractivity contribution in [3.05, 3.63) is 59.2 Å². The van der Waals surface area contributed by atoms with Gasteiger partial charge in [-0.15, -0.1) is 0 Å². The third-order valence-corrected chi connectivity index (χ3v) is 6.00. The number of alkyl carbamates (subject to hydrolysis) is 1. The first-order valence-electron chi connectivity index (χ1n) is 12.2. The molecule has 3 atom stereocenters. The molecule has 8 nitrogen and oxygen atoms in total. The number of ether oxygens (including phenoxy) is 1. The minimum absolute atomic E-state index is 0.151. The van der Waals surface area contributed by atoms with Crippen LogP contribution in [0.4, 0.5) is 10.5 Å². The molecule has 0 aliphatic carbocycles. The van der Waals surface area contributed by atoms with Gasteiger partial charge in [0.1, 0.15) is 17.4 Å². The summed E-state index contributed by atoms with van der Waals surface area (Å²) in [6, 6.07) is 11.6. The number of carbonyl (C=O) groups excluding carboxylic acids is 3. The molecule has 0 bridgehead atoms. The number of hydrogen-bond donors (Lipinski definition) is 3. The van der Waals surface area contributed by atoms with Crippen molar-refractivity contribution in [2.24, 2.45) is 5.92 Å². The van der Waals surface area contributed by atoms with Crippen LogP contribution >= 0.6 is 0 Å². The number of amides is 3. The molecule has 0 fully saturated rings. The molecular formula is C29H37N3O5. The molecule has 0 heterocycles. The van der Waals surface area contributed by atoms with E-state index in [0.717, 1.165) is 16.0 Å². The topological polar surface area (TPSA) is 108 Å². The summed E-state index contributed by atoms with van der Waals surface area (Å²) in [7, 11) is 0. The summed E-state index contributed by atoms with van der Waals surface area (Å²) in [5, 5.41) is 16.1. The zero-order chi connectivity index (χ0) is 27.9. The molecule has 198 valence electrons. The van der Waals surface area contributed by atoms with Crippen molar-refractivity contribution in [3.63, 3.8) is 0 Å². The van der Waals surface area contributed by atoms with Crippen molar-refractivity contribution in [2.75, 3.05) is 5.32 Å². The molecule has 0 aromatic heterocycles. The minimum atomic E-state index is -1.37. The Hall–Kier alpha value is -3.99. The summed E-state index contributed by atoms with van der Waals surface area (Å²) in [6.45, 7) is 12.5. The molecular weight excluding hydrogens is 470 g/mol. The SMILES string of the molecule is C#CN(C(=O)C(NC(=O)OC(C)(C)C)C(C)CC)C(C(=O)Nc1c(C)cccc1C)c1ccccc1O. The fourth-order valence-electron chi connectivity index (χ4n) is 3.85. The fraction of sp³-hybridized carbons (Fsp3) is 0.414. The molecule has 3 unspecified atom stereocenters. The van der Waals surface area contributed by atoms with E-state index in [-0.39, 0.29) is 17.2 Å². The second-order valence-electron chi connectivity index (χ2n) is 10.1. The average molecular weight is 508 g/mol. The molecule has 0 aliphatic heterocycles. The lowest BCUT2D eigenvalue weighted by Gasteiger charge is -2.32. The highest BCUT2D eigenvalue weighted by Gasteiger charge is 2.39. The zero-order valence-electron chi connectivity index (χ0n) is 22.6. The Morgan fingerprint density at radius 1 is 1.08 bits per heavy atom. The van der Waals surface area contributed by atoms with E-state index in [1.165, 1.54) is 12.1 Å². The Morgan fingerprint density at radius 2 is 1.68 bits per heavy atom. The maximum absolute atomic E-state index is 13.8. The number of aromatic hydroxyl groups is 1. The molecule has 0 aliphatic rings. The number of para-hydroxylation sites is 2. The predicted octanol–water partition coefficient (Wildman–Crippen LogP) is 5.05. The quantitative estimate of drug-likeness (QED) is 0.342. The summed E-state index contributed by atoms with van der Waals surface area (Å²) in [6.07, 6.45) is 5.58. The van der Waals surface area contributed by atoms with Gasteiger partial charge in [-0.2, -0.15) is 0 Å². The second kappa shape index (κ2) is 12.3. The van der Waals surface area contributed by atoms with E-state index < -0.39 is 35.6 Å². The summed E-state index contributed by atoms with van der Waals surface area (Å²) in [5.41, 5.74) is 1.61. The lowest BCUT2D eigenvalue weighted by atomic mass is 9.95. The van der Waals surface area contributed by atoms with Crippen molar-refractivity contribution in [1.29, 1.82) is 0 Å². The third-order valence-electron chi connectivity index (χ3n) is 6.00. The first-order chi connectivity index (χ1) is 17.3. The van der Waals surface area contributed by atoms with Gasteiger partial charge >= 0.3 is 6.09 Å². The van der Waals surface area contributed by atoms with Gasteiger partial charge in [0.05, 0.1) is 0 Å². The van der Waals surface area contributed by atoms with E-state index in [9.17, 15) is 19.5 Å². The molecule has 2 aromatic rings. The van der Waals surface area contributed by atoms with Crippen molar-refractivity contribution >= 4 is 23.6 Å². The van der Waals surface area contributed by atoms with E-state index in [1.807, 2.05) is 39.0 Å². The highest BCUT2D eigenvalue weighted by Crippen LogP contribution is 2.32. The van der Waals surface area contributed by atoms with Crippen molar-refractivity contribution in [3.8, 4) is 18.2 Å². The van der Waals surface area contributed by atoms with Gasteiger partial charge in [0, 0.05) is 17.3 Å². The molecule has 3 N–H and O–H groups in total. The van der Waals surface area contributed by atoms with E-state index in [1.54, 1.807) is 39.8 Å². The van der Waals surface area contributed by atoms with Gasteiger partial charge in [0.2, 0.25) is 0 Å². The number of hydrogen-bond acceptors (Lipinski definition) is 5. The standard InChI is InChI=1S/C29H37N3O5/c1-9-18(3)24(31-28(36)37-29(6,7)8)27(35)32(10-2)25(21-16-11-12-17-22(21)33)26(34)30-23-19(4)14-13-15-20(23)5/h2,11-18,24-25,33H,9H2,1,3-8H3,(H,30,34)(H,31,36). The Balaban J connectivity index is 2.54. The second-order valence-corrected chi connectivity index (χ2v) is 10.1. The van der Waals surface area contributed by atoms with E-state index in [2.05, 4.69) is 16.7 Å². The smallest absolute Gasteiger partial charge is 0.408 e. The molecule has 3 amide bonds. The lowest BCUT2D eigenvalue weighted by molar-refractivity contribution is -0.137. The third kappa shape index (κ3) is 7.50. The number of phenols is 1. The number of nitrogens with one attached hydrogen (secondary N) is 2. The first-order valence-corrected chi connectivity index (χ1v) is 12.2. The van der Waals surface area contributed by atoms with Gasteiger partial charge in [-0.1, -0.05) is 63.1 Å². The Kier molecular flexibility index (Phi) is 9.73. The number of phenolic OH excluding ortho intramolecular Hbond substituents is 1. The predicted molar refractivity (Wildman–Crippen MR) is 144 cm³/mol. The van der Waals surface area contributed by atoms with Gasteiger partial charge in [0.15, 0.2) is 6.04 Å². The lowest BCUT2D eigenvalue weighted by Crippen LogP contribution is -2.53. The van der Waals surface area contributed by atoms with Gasteiger partial charge in [-0.05, 0) is 57.7 Å². The normalized spacial score (nSPS) is 13.5. The number of rotatable bonds is 8. The highest BCUT2D eigenvalue weighted by molar-refractivity contribution is 6.00. The summed E-state index contributed by atoms with van der Waals surface area (Å²) >= 11 is 0. The van der Waals surface area contributed by atoms with Gasteiger partial charge in [0.25, 0.3) is 11.8 Å². The molecule has 0 saturated heterocycles. The van der Waals surface area contributed by atoms with Crippen LogP contribution in [0.25, 0.3) is 0 Å². The molecule has 2 rings (SSSR count). The van der Waals surface area contributed by atoms with Crippen LogP contribution in [0.2, 0.25) is 0 Å². The molecule has 8 heteroatoms. The van der Waals surface area contributed by atoms with Crippen LogP contribution in [0.3, 0.4) is 0 Å². The van der Waals surface area contributed by atoms with Gasteiger partial charge in [-0.3, -0.25) is 14.5 Å². The molecule has 37 heavy (non-hydrogen) atoms. The van der Waals surface area contributed by atoms with Crippen LogP contribution in [0.1, 0.15) is 63.8 Å². The molecule has 0 radical (unpaired) electrons. The number of aryl methyl sites for hydroxylation is 2. The van der Waals surface area contributed by atoms with Gasteiger partial charge in [-0.25, -0.2) is 4.79 Å². The molecule has 0 saturated carbocycles. The fourth-order valence-corrected chi connectivity index (χ4v) is 3.85.